The largest absolute Gasteiger partial charge is 0.379 e. The molecule has 2 aliphatic heterocycles. The minimum Gasteiger partial charge on any atom is -0.379 e. The van der Waals surface area contributed by atoms with Crippen molar-refractivity contribution in [3.05, 3.63) is 33.8 Å². The van der Waals surface area contributed by atoms with Gasteiger partial charge in [0.2, 0.25) is 5.91 Å². The van der Waals surface area contributed by atoms with Gasteiger partial charge >= 0.3 is 0 Å². The van der Waals surface area contributed by atoms with Crippen LogP contribution in [0.25, 0.3) is 0 Å². The van der Waals surface area contributed by atoms with Gasteiger partial charge in [0.05, 0.1) is 22.8 Å². The Labute approximate surface area is 153 Å². The van der Waals surface area contributed by atoms with Gasteiger partial charge in [-0.25, -0.2) is 0 Å². The molecule has 1 aromatic rings. The fraction of sp³-hybridized carbons (Fsp3) is 0.611. The third-order valence-corrected chi connectivity index (χ3v) is 5.55. The Morgan fingerprint density at radius 3 is 2.83 bits per heavy atom. The van der Waals surface area contributed by atoms with Crippen molar-refractivity contribution >= 4 is 29.1 Å². The van der Waals surface area contributed by atoms with Crippen LogP contribution in [0.5, 0.6) is 0 Å². The van der Waals surface area contributed by atoms with Crippen molar-refractivity contribution in [2.24, 2.45) is 0 Å². The summed E-state index contributed by atoms with van der Waals surface area (Å²) in [6.45, 7) is 4.01. The van der Waals surface area contributed by atoms with E-state index in [1.54, 1.807) is 0 Å². The van der Waals surface area contributed by atoms with Gasteiger partial charge in [-0.3, -0.25) is 4.79 Å². The summed E-state index contributed by atoms with van der Waals surface area (Å²) in [5.74, 6) is 0.404. The molecule has 2 heterocycles. The van der Waals surface area contributed by atoms with Crippen molar-refractivity contribution < 1.29 is 14.3 Å². The number of carbonyl (C=O) groups excluding carboxylic acids is 1. The van der Waals surface area contributed by atoms with E-state index in [0.29, 0.717) is 29.6 Å². The molecule has 1 aromatic carbocycles. The third kappa shape index (κ3) is 4.23. The Kier molecular flexibility index (Phi) is 6.03. The highest BCUT2D eigenvalue weighted by Gasteiger charge is 2.32. The molecular weight excluding hydrogens is 349 g/mol. The first-order chi connectivity index (χ1) is 11.5. The molecule has 3 unspecified atom stereocenters. The molecule has 0 spiro atoms. The van der Waals surface area contributed by atoms with Gasteiger partial charge in [-0.2, -0.15) is 0 Å². The lowest BCUT2D eigenvalue weighted by Gasteiger charge is -2.38. The average Bonchev–Trinajstić information content (AvgIpc) is 2.58. The van der Waals surface area contributed by atoms with Gasteiger partial charge in [-0.15, -0.1) is 0 Å². The van der Waals surface area contributed by atoms with Gasteiger partial charge in [0.25, 0.3) is 0 Å². The first kappa shape index (κ1) is 18.0. The monoisotopic (exact) mass is 371 g/mol. The Morgan fingerprint density at radius 1 is 1.29 bits per heavy atom. The topological polar surface area (TPSA) is 38.8 Å². The zero-order chi connectivity index (χ0) is 17.1. The molecule has 6 heteroatoms. The standard InChI is InChI=1S/C18H23Cl2NO3/c1-12(24-15-3-2-8-23-11-15)21-10-14(5-7-18(21)22)13-4-6-16(19)17(20)9-13/h4,6,9,12,14-15H,2-3,5,7-8,10-11H2,1H3. The highest BCUT2D eigenvalue weighted by Crippen LogP contribution is 2.33. The zero-order valence-electron chi connectivity index (χ0n) is 13.8. The minimum atomic E-state index is -0.241. The molecule has 0 aromatic heterocycles. The lowest BCUT2D eigenvalue weighted by atomic mass is 9.90. The highest BCUT2D eigenvalue weighted by molar-refractivity contribution is 6.42. The van der Waals surface area contributed by atoms with Crippen LogP contribution in [0.1, 0.15) is 44.1 Å². The van der Waals surface area contributed by atoms with Gasteiger partial charge in [0, 0.05) is 25.5 Å². The number of hydrogen-bond donors (Lipinski definition) is 0. The average molecular weight is 372 g/mol. The van der Waals surface area contributed by atoms with Crippen molar-refractivity contribution in [2.45, 2.75) is 50.9 Å². The van der Waals surface area contributed by atoms with E-state index in [1.807, 2.05) is 30.0 Å². The third-order valence-electron chi connectivity index (χ3n) is 4.81. The summed E-state index contributed by atoms with van der Waals surface area (Å²) < 4.78 is 11.5. The van der Waals surface area contributed by atoms with Crippen LogP contribution in [-0.2, 0) is 14.3 Å². The summed E-state index contributed by atoms with van der Waals surface area (Å²) in [7, 11) is 0. The molecule has 0 bridgehead atoms. The molecule has 0 radical (unpaired) electrons. The van der Waals surface area contributed by atoms with Gasteiger partial charge < -0.3 is 14.4 Å². The van der Waals surface area contributed by atoms with Gasteiger partial charge in [0.15, 0.2) is 0 Å². The van der Waals surface area contributed by atoms with E-state index in [0.717, 1.165) is 31.4 Å². The maximum absolute atomic E-state index is 12.3. The number of halogens is 2. The highest BCUT2D eigenvalue weighted by atomic mass is 35.5. The summed E-state index contributed by atoms with van der Waals surface area (Å²) >= 11 is 12.1. The lowest BCUT2D eigenvalue weighted by Crippen LogP contribution is -2.47. The molecule has 24 heavy (non-hydrogen) atoms. The number of ether oxygens (including phenoxy) is 2. The van der Waals surface area contributed by atoms with E-state index >= 15 is 0 Å². The predicted molar refractivity (Wildman–Crippen MR) is 94.5 cm³/mol. The molecule has 132 valence electrons. The van der Waals surface area contributed by atoms with Gasteiger partial charge in [-0.05, 0) is 43.9 Å². The Bertz CT molecular complexity index is 590. The maximum Gasteiger partial charge on any atom is 0.224 e. The number of rotatable bonds is 4. The van der Waals surface area contributed by atoms with Crippen molar-refractivity contribution in [1.29, 1.82) is 0 Å². The number of carbonyl (C=O) groups is 1. The number of likely N-dealkylation sites (tertiary alicyclic amines) is 1. The van der Waals surface area contributed by atoms with Crippen LogP contribution in [0.15, 0.2) is 18.2 Å². The van der Waals surface area contributed by atoms with Crippen molar-refractivity contribution in [3.8, 4) is 0 Å². The number of piperidine rings is 1. The Morgan fingerprint density at radius 2 is 2.12 bits per heavy atom. The summed E-state index contributed by atoms with van der Waals surface area (Å²) in [5, 5.41) is 1.11. The smallest absolute Gasteiger partial charge is 0.224 e. The van der Waals surface area contributed by atoms with E-state index in [4.69, 9.17) is 32.7 Å². The number of nitrogens with zero attached hydrogens (tertiary/aromatic N) is 1. The first-order valence-corrected chi connectivity index (χ1v) is 9.28. The molecular formula is C18H23Cl2NO3. The molecule has 2 fully saturated rings. The SMILES string of the molecule is CC(OC1CCCOC1)N1CC(c2ccc(Cl)c(Cl)c2)CCC1=O. The van der Waals surface area contributed by atoms with E-state index in [-0.39, 0.29) is 24.2 Å². The van der Waals surface area contributed by atoms with Crippen LogP contribution in [0.3, 0.4) is 0 Å². The molecule has 0 aliphatic carbocycles. The van der Waals surface area contributed by atoms with E-state index in [2.05, 4.69) is 0 Å². The van der Waals surface area contributed by atoms with Crippen LogP contribution in [0, 0.1) is 0 Å². The van der Waals surface area contributed by atoms with Crippen LogP contribution < -0.4 is 0 Å². The molecule has 2 saturated heterocycles. The molecule has 3 atom stereocenters. The van der Waals surface area contributed by atoms with Crippen LogP contribution in [0.2, 0.25) is 10.0 Å². The van der Waals surface area contributed by atoms with E-state index in [1.165, 1.54) is 0 Å². The number of hydrogen-bond acceptors (Lipinski definition) is 3. The van der Waals surface area contributed by atoms with Crippen LogP contribution in [0.4, 0.5) is 0 Å². The quantitative estimate of drug-likeness (QED) is 0.794. The normalized spacial score (nSPS) is 26.5. The minimum absolute atomic E-state index is 0.0758. The van der Waals surface area contributed by atoms with Crippen molar-refractivity contribution in [1.82, 2.24) is 4.90 Å². The second-order valence-corrected chi connectivity index (χ2v) is 7.34. The summed E-state index contributed by atoms with van der Waals surface area (Å²) in [4.78, 5) is 14.2. The molecule has 1 amide bonds. The summed E-state index contributed by atoms with van der Waals surface area (Å²) in [6, 6.07) is 5.72. The Hall–Kier alpha value is -0.810. The lowest BCUT2D eigenvalue weighted by molar-refractivity contribution is -0.163. The van der Waals surface area contributed by atoms with E-state index in [9.17, 15) is 4.79 Å². The summed E-state index contributed by atoms with van der Waals surface area (Å²) in [6.07, 6.45) is 3.19. The first-order valence-electron chi connectivity index (χ1n) is 8.52. The Balaban J connectivity index is 1.66. The van der Waals surface area contributed by atoms with E-state index < -0.39 is 0 Å². The second-order valence-electron chi connectivity index (χ2n) is 6.53. The van der Waals surface area contributed by atoms with Gasteiger partial charge in [0.1, 0.15) is 6.23 Å². The molecule has 2 aliphatic rings. The van der Waals surface area contributed by atoms with Crippen LogP contribution in [-0.4, -0.2) is 42.9 Å². The molecule has 0 saturated carbocycles. The van der Waals surface area contributed by atoms with Crippen molar-refractivity contribution in [2.75, 3.05) is 19.8 Å². The van der Waals surface area contributed by atoms with Crippen LogP contribution >= 0.6 is 23.2 Å². The number of amides is 1. The fourth-order valence-corrected chi connectivity index (χ4v) is 3.74. The fourth-order valence-electron chi connectivity index (χ4n) is 3.43. The molecule has 4 nitrogen and oxygen atoms in total. The maximum atomic E-state index is 12.3. The second kappa shape index (κ2) is 8.05. The van der Waals surface area contributed by atoms with Gasteiger partial charge in [-0.1, -0.05) is 29.3 Å². The predicted octanol–water partition coefficient (Wildman–Crippen LogP) is 4.24. The zero-order valence-corrected chi connectivity index (χ0v) is 15.4. The van der Waals surface area contributed by atoms with Crippen molar-refractivity contribution in [3.63, 3.8) is 0 Å². The number of benzene rings is 1. The molecule has 3 rings (SSSR count). The summed E-state index contributed by atoms with van der Waals surface area (Å²) in [5.41, 5.74) is 1.12. The molecule has 0 N–H and O–H groups in total.